The summed E-state index contributed by atoms with van der Waals surface area (Å²) in [5, 5.41) is 3.64. The number of hydrogen-bond acceptors (Lipinski definition) is 2. The Kier molecular flexibility index (Phi) is 4.02. The number of benzene rings is 3. The molecule has 0 amide bonds. The summed E-state index contributed by atoms with van der Waals surface area (Å²) in [5.74, 6) is 0.667. The Morgan fingerprint density at radius 1 is 1.00 bits per heavy atom. The molecule has 3 aromatic rings. The van der Waals surface area contributed by atoms with E-state index in [9.17, 15) is 4.39 Å². The number of para-hydroxylation sites is 1. The first-order valence-corrected chi connectivity index (χ1v) is 10.1. The van der Waals surface area contributed by atoms with Gasteiger partial charge in [-0.1, -0.05) is 42.5 Å². The SMILES string of the molecule is CC1=CC(C)(C)Nc2ccc3c(c21)C(Cc1cccc(F)c1)Oc1ccccc1-3. The third-order valence-corrected chi connectivity index (χ3v) is 5.75. The van der Waals surface area contributed by atoms with Gasteiger partial charge in [0.05, 0.1) is 5.54 Å². The molecular weight excluding hydrogens is 361 g/mol. The maximum Gasteiger partial charge on any atom is 0.129 e. The fraction of sp³-hybridized carbons (Fsp3) is 0.231. The van der Waals surface area contributed by atoms with Crippen molar-refractivity contribution in [2.45, 2.75) is 38.8 Å². The van der Waals surface area contributed by atoms with E-state index in [-0.39, 0.29) is 17.5 Å². The van der Waals surface area contributed by atoms with Crippen molar-refractivity contribution in [3.05, 3.63) is 89.2 Å². The maximum atomic E-state index is 13.8. The van der Waals surface area contributed by atoms with Crippen LogP contribution in [0.2, 0.25) is 0 Å². The van der Waals surface area contributed by atoms with Crippen LogP contribution >= 0.6 is 0 Å². The molecule has 2 aliphatic heterocycles. The lowest BCUT2D eigenvalue weighted by molar-refractivity contribution is 0.202. The zero-order valence-corrected chi connectivity index (χ0v) is 16.9. The molecule has 3 aromatic carbocycles. The summed E-state index contributed by atoms with van der Waals surface area (Å²) in [6, 6.07) is 19.3. The Labute approximate surface area is 171 Å². The molecule has 0 saturated carbocycles. The minimum absolute atomic E-state index is 0.100. The van der Waals surface area contributed by atoms with Crippen molar-refractivity contribution >= 4 is 11.3 Å². The van der Waals surface area contributed by atoms with Crippen molar-refractivity contribution in [3.8, 4) is 16.9 Å². The van der Waals surface area contributed by atoms with Gasteiger partial charge in [0, 0.05) is 28.8 Å². The van der Waals surface area contributed by atoms with Gasteiger partial charge < -0.3 is 10.1 Å². The Morgan fingerprint density at radius 2 is 1.83 bits per heavy atom. The third kappa shape index (κ3) is 3.11. The number of hydrogen-bond donors (Lipinski definition) is 1. The maximum absolute atomic E-state index is 13.8. The van der Waals surface area contributed by atoms with Crippen molar-refractivity contribution in [3.63, 3.8) is 0 Å². The molecule has 0 radical (unpaired) electrons. The van der Waals surface area contributed by atoms with E-state index in [1.165, 1.54) is 28.3 Å². The van der Waals surface area contributed by atoms with E-state index < -0.39 is 0 Å². The van der Waals surface area contributed by atoms with Crippen LogP contribution in [0.15, 0.2) is 66.7 Å². The summed E-state index contributed by atoms with van der Waals surface area (Å²) in [6.07, 6.45) is 2.71. The number of nitrogens with one attached hydrogen (secondary N) is 1. The Balaban J connectivity index is 1.71. The summed E-state index contributed by atoms with van der Waals surface area (Å²) < 4.78 is 20.3. The molecular formula is C26H24FNO. The van der Waals surface area contributed by atoms with Gasteiger partial charge in [-0.25, -0.2) is 4.39 Å². The molecule has 2 heterocycles. The van der Waals surface area contributed by atoms with Crippen LogP contribution in [0.1, 0.15) is 43.6 Å². The van der Waals surface area contributed by atoms with Crippen LogP contribution in [0.4, 0.5) is 10.1 Å². The summed E-state index contributed by atoms with van der Waals surface area (Å²) in [6.45, 7) is 6.52. The highest BCUT2D eigenvalue weighted by Gasteiger charge is 2.33. The number of ether oxygens (including phenoxy) is 1. The molecule has 1 unspecified atom stereocenters. The highest BCUT2D eigenvalue weighted by atomic mass is 19.1. The highest BCUT2D eigenvalue weighted by molar-refractivity contribution is 5.89. The quantitative estimate of drug-likeness (QED) is 0.525. The van der Waals surface area contributed by atoms with Gasteiger partial charge >= 0.3 is 0 Å². The smallest absolute Gasteiger partial charge is 0.129 e. The second-order valence-corrected chi connectivity index (χ2v) is 8.56. The van der Waals surface area contributed by atoms with Gasteiger partial charge in [0.25, 0.3) is 0 Å². The van der Waals surface area contributed by atoms with E-state index >= 15 is 0 Å². The van der Waals surface area contributed by atoms with Crippen LogP contribution in [0.5, 0.6) is 5.75 Å². The van der Waals surface area contributed by atoms with Crippen molar-refractivity contribution in [1.82, 2.24) is 0 Å². The van der Waals surface area contributed by atoms with Gasteiger partial charge in [-0.2, -0.15) is 0 Å². The number of anilines is 1. The first-order valence-electron chi connectivity index (χ1n) is 10.1. The van der Waals surface area contributed by atoms with Gasteiger partial charge in [0.1, 0.15) is 17.7 Å². The summed E-state index contributed by atoms with van der Waals surface area (Å²) in [7, 11) is 0. The fourth-order valence-corrected chi connectivity index (χ4v) is 4.74. The molecule has 0 fully saturated rings. The lowest BCUT2D eigenvalue weighted by atomic mass is 9.81. The van der Waals surface area contributed by atoms with Gasteiger partial charge in [0.2, 0.25) is 0 Å². The average molecular weight is 385 g/mol. The molecule has 0 aliphatic carbocycles. The number of rotatable bonds is 2. The van der Waals surface area contributed by atoms with E-state index in [4.69, 9.17) is 4.74 Å². The molecule has 29 heavy (non-hydrogen) atoms. The summed E-state index contributed by atoms with van der Waals surface area (Å²) >= 11 is 0. The van der Waals surface area contributed by atoms with Gasteiger partial charge in [0.15, 0.2) is 0 Å². The minimum Gasteiger partial charge on any atom is -0.485 e. The van der Waals surface area contributed by atoms with Crippen LogP contribution < -0.4 is 10.1 Å². The van der Waals surface area contributed by atoms with Crippen molar-refractivity contribution < 1.29 is 9.13 Å². The standard InChI is InChI=1S/C26H24FNO/c1-16-15-26(2,3)28-21-12-11-20-19-9-4-5-10-22(19)29-23(25(20)24(16)21)14-17-7-6-8-18(27)13-17/h4-13,15,23,28H,14H2,1-3H3. The predicted octanol–water partition coefficient (Wildman–Crippen LogP) is 6.78. The van der Waals surface area contributed by atoms with Crippen LogP contribution in [0, 0.1) is 5.82 Å². The highest BCUT2D eigenvalue weighted by Crippen LogP contribution is 2.49. The van der Waals surface area contributed by atoms with Gasteiger partial charge in [-0.3, -0.25) is 0 Å². The summed E-state index contributed by atoms with van der Waals surface area (Å²) in [4.78, 5) is 0. The number of allylic oxidation sites excluding steroid dienone is 1. The van der Waals surface area contributed by atoms with E-state index in [1.54, 1.807) is 12.1 Å². The molecule has 0 aromatic heterocycles. The fourth-order valence-electron chi connectivity index (χ4n) is 4.74. The lowest BCUT2D eigenvalue weighted by Gasteiger charge is -2.37. The zero-order valence-electron chi connectivity index (χ0n) is 16.9. The molecule has 2 nitrogen and oxygen atoms in total. The molecule has 1 atom stereocenters. The van der Waals surface area contributed by atoms with Crippen molar-refractivity contribution in [2.24, 2.45) is 0 Å². The Hall–Kier alpha value is -3.07. The molecule has 1 N–H and O–H groups in total. The first kappa shape index (κ1) is 18.0. The molecule has 0 spiro atoms. The van der Waals surface area contributed by atoms with Gasteiger partial charge in [-0.15, -0.1) is 0 Å². The first-order chi connectivity index (χ1) is 13.9. The second-order valence-electron chi connectivity index (χ2n) is 8.56. The second kappa shape index (κ2) is 6.48. The van der Waals surface area contributed by atoms with Crippen molar-refractivity contribution in [2.75, 3.05) is 5.32 Å². The molecule has 0 bridgehead atoms. The molecule has 146 valence electrons. The number of fused-ring (bicyclic) bond motifs is 5. The Morgan fingerprint density at radius 3 is 2.66 bits per heavy atom. The van der Waals surface area contributed by atoms with E-state index in [2.05, 4.69) is 50.4 Å². The van der Waals surface area contributed by atoms with Crippen LogP contribution in [-0.2, 0) is 6.42 Å². The summed E-state index contributed by atoms with van der Waals surface area (Å²) in [5.41, 5.74) is 7.90. The number of halogens is 1. The molecule has 0 saturated heterocycles. The van der Waals surface area contributed by atoms with E-state index in [0.717, 1.165) is 22.6 Å². The van der Waals surface area contributed by atoms with E-state index in [0.29, 0.717) is 6.42 Å². The predicted molar refractivity (Wildman–Crippen MR) is 117 cm³/mol. The van der Waals surface area contributed by atoms with Crippen LogP contribution in [0.3, 0.4) is 0 Å². The molecule has 5 rings (SSSR count). The van der Waals surface area contributed by atoms with Crippen molar-refractivity contribution in [1.29, 1.82) is 0 Å². The average Bonchev–Trinajstić information content (AvgIpc) is 2.66. The minimum atomic E-state index is -0.214. The van der Waals surface area contributed by atoms with Crippen LogP contribution in [-0.4, -0.2) is 5.54 Å². The largest absolute Gasteiger partial charge is 0.485 e. The topological polar surface area (TPSA) is 21.3 Å². The van der Waals surface area contributed by atoms with Gasteiger partial charge in [-0.05, 0) is 61.7 Å². The third-order valence-electron chi connectivity index (χ3n) is 5.75. The van der Waals surface area contributed by atoms with Crippen LogP contribution in [0.25, 0.3) is 16.7 Å². The normalized spacial score (nSPS) is 18.5. The lowest BCUT2D eigenvalue weighted by Crippen LogP contribution is -2.32. The molecule has 3 heteroatoms. The Bertz CT molecular complexity index is 1150. The zero-order chi connectivity index (χ0) is 20.2. The molecule has 2 aliphatic rings. The monoisotopic (exact) mass is 385 g/mol. The van der Waals surface area contributed by atoms with E-state index in [1.807, 2.05) is 24.3 Å².